The van der Waals surface area contributed by atoms with Crippen molar-refractivity contribution >= 4 is 65.4 Å². The van der Waals surface area contributed by atoms with Crippen LogP contribution >= 0.6 is 0 Å². The van der Waals surface area contributed by atoms with E-state index in [1.807, 2.05) is 0 Å². The van der Waals surface area contributed by atoms with Gasteiger partial charge in [-0.15, -0.1) is 0 Å². The van der Waals surface area contributed by atoms with E-state index in [9.17, 15) is 0 Å². The van der Waals surface area contributed by atoms with Crippen molar-refractivity contribution in [3.8, 4) is 34.4 Å². The molecule has 0 amide bonds. The number of hydrogen-bond donors (Lipinski definition) is 0. The lowest BCUT2D eigenvalue weighted by Gasteiger charge is -2.11. The van der Waals surface area contributed by atoms with Crippen LogP contribution in [-0.4, -0.2) is 29.1 Å². The molecule has 4 heterocycles. The van der Waals surface area contributed by atoms with Crippen LogP contribution in [0.25, 0.3) is 99.8 Å². The molecule has 0 fully saturated rings. The van der Waals surface area contributed by atoms with E-state index in [1.165, 1.54) is 26.9 Å². The fourth-order valence-corrected chi connectivity index (χ4v) is 7.51. The van der Waals surface area contributed by atoms with Crippen molar-refractivity contribution in [2.45, 2.75) is 0 Å². The van der Waals surface area contributed by atoms with Crippen molar-refractivity contribution in [3.63, 3.8) is 0 Å². The van der Waals surface area contributed by atoms with Gasteiger partial charge < -0.3 is 0 Å². The average Bonchev–Trinajstić information content (AvgIpc) is 3.73. The minimum atomic E-state index is 0.596. The first-order valence-corrected chi connectivity index (χ1v) is 15.4. The fourth-order valence-electron chi connectivity index (χ4n) is 7.51. The molecule has 0 N–H and O–H groups in total. The maximum Gasteiger partial charge on any atom is 0.237 e. The summed E-state index contributed by atoms with van der Waals surface area (Å²) in [5, 5.41) is 7.94. The smallest absolute Gasteiger partial charge is 0.237 e. The van der Waals surface area contributed by atoms with Crippen LogP contribution in [0.5, 0.6) is 0 Å². The van der Waals surface area contributed by atoms with Gasteiger partial charge in [0.15, 0.2) is 5.65 Å². The molecule has 1 aliphatic carbocycles. The zero-order valence-electron chi connectivity index (χ0n) is 24.4. The predicted octanol–water partition coefficient (Wildman–Crippen LogP) is 9.41. The molecule has 0 bridgehead atoms. The van der Waals surface area contributed by atoms with Crippen molar-refractivity contribution in [1.29, 1.82) is 0 Å². The second-order valence-electron chi connectivity index (χ2n) is 11.9. The van der Waals surface area contributed by atoms with Crippen molar-refractivity contribution in [3.05, 3.63) is 133 Å². The van der Waals surface area contributed by atoms with Crippen LogP contribution in [0, 0.1) is 0 Å². The summed E-state index contributed by atoms with van der Waals surface area (Å²) in [5.41, 5.74) is 8.70. The summed E-state index contributed by atoms with van der Waals surface area (Å²) in [6.45, 7) is 0. The molecule has 6 heteroatoms. The topological polar surface area (TPSA) is 61.4 Å². The minimum Gasteiger partial charge on any atom is -0.278 e. The summed E-state index contributed by atoms with van der Waals surface area (Å²) < 4.78 is 4.35. The lowest BCUT2D eigenvalue weighted by Crippen LogP contribution is -2.06. The molecule has 46 heavy (non-hydrogen) atoms. The molecule has 0 saturated heterocycles. The second kappa shape index (κ2) is 8.61. The van der Waals surface area contributed by atoms with Crippen LogP contribution in [0.2, 0.25) is 0 Å². The van der Waals surface area contributed by atoms with Crippen LogP contribution in [0.4, 0.5) is 0 Å². The van der Waals surface area contributed by atoms with Gasteiger partial charge in [-0.25, -0.2) is 9.97 Å². The molecule has 0 unspecified atom stereocenters. The van der Waals surface area contributed by atoms with Gasteiger partial charge >= 0.3 is 0 Å². The summed E-state index contributed by atoms with van der Waals surface area (Å²) in [7, 11) is 0. The fraction of sp³-hybridized carbons (Fsp3) is 0. The third kappa shape index (κ3) is 3.05. The first-order valence-electron chi connectivity index (χ1n) is 15.4. The van der Waals surface area contributed by atoms with E-state index in [0.717, 1.165) is 55.4 Å². The van der Waals surface area contributed by atoms with Gasteiger partial charge in [-0.3, -0.25) is 9.13 Å². The Kier molecular flexibility index (Phi) is 4.49. The molecule has 0 saturated carbocycles. The molecule has 6 nitrogen and oxygen atoms in total. The van der Waals surface area contributed by atoms with Gasteiger partial charge in [0.25, 0.3) is 0 Å². The van der Waals surface area contributed by atoms with E-state index < -0.39 is 0 Å². The van der Waals surface area contributed by atoms with E-state index in [4.69, 9.17) is 19.9 Å². The van der Waals surface area contributed by atoms with E-state index in [2.05, 4.69) is 143 Å². The zero-order chi connectivity index (χ0) is 29.9. The van der Waals surface area contributed by atoms with E-state index in [1.54, 1.807) is 0 Å². The minimum absolute atomic E-state index is 0.596. The molecule has 10 aromatic rings. The quantitative estimate of drug-likeness (QED) is 0.202. The predicted molar refractivity (Wildman–Crippen MR) is 186 cm³/mol. The Bertz CT molecular complexity index is 2880. The molecular formula is C40H22N6. The number of benzene rings is 6. The first kappa shape index (κ1) is 24.0. The highest BCUT2D eigenvalue weighted by Gasteiger charge is 2.29. The number of para-hydroxylation sites is 3. The molecule has 0 spiro atoms. The Balaban J connectivity index is 1.28. The van der Waals surface area contributed by atoms with Crippen molar-refractivity contribution in [1.82, 2.24) is 29.1 Å². The van der Waals surface area contributed by atoms with Crippen LogP contribution in [0.15, 0.2) is 133 Å². The summed E-state index contributed by atoms with van der Waals surface area (Å²) >= 11 is 0. The van der Waals surface area contributed by atoms with E-state index in [0.29, 0.717) is 17.5 Å². The summed E-state index contributed by atoms with van der Waals surface area (Å²) in [6.07, 6.45) is 0. The van der Waals surface area contributed by atoms with Gasteiger partial charge in [-0.05, 0) is 41.1 Å². The Morgan fingerprint density at radius 2 is 0.804 bits per heavy atom. The van der Waals surface area contributed by atoms with Gasteiger partial charge in [0.05, 0.1) is 38.8 Å². The van der Waals surface area contributed by atoms with Crippen LogP contribution in [0.3, 0.4) is 0 Å². The molecule has 0 atom stereocenters. The normalized spacial score (nSPS) is 12.3. The summed E-state index contributed by atoms with van der Waals surface area (Å²) in [6, 6.07) is 46.8. The van der Waals surface area contributed by atoms with Crippen LogP contribution < -0.4 is 0 Å². The lowest BCUT2D eigenvalue weighted by atomic mass is 10.1. The Morgan fingerprint density at radius 3 is 1.37 bits per heavy atom. The molecule has 0 aliphatic heterocycles. The van der Waals surface area contributed by atoms with E-state index in [-0.39, 0.29) is 0 Å². The maximum atomic E-state index is 5.29. The summed E-state index contributed by atoms with van der Waals surface area (Å²) in [4.78, 5) is 21.0. The molecule has 1 aliphatic rings. The zero-order valence-corrected chi connectivity index (χ0v) is 24.4. The maximum absolute atomic E-state index is 5.29. The third-order valence-electron chi connectivity index (χ3n) is 9.49. The first-order chi connectivity index (χ1) is 22.8. The highest BCUT2D eigenvalue weighted by molar-refractivity contribution is 6.15. The van der Waals surface area contributed by atoms with Crippen LogP contribution in [0.1, 0.15) is 0 Å². The number of aromatic nitrogens is 6. The van der Waals surface area contributed by atoms with Gasteiger partial charge in [-0.1, -0.05) is 103 Å². The van der Waals surface area contributed by atoms with Crippen molar-refractivity contribution in [2.75, 3.05) is 0 Å². The standard InChI is InChI=1S/C40H22N6/c1-2-12-24-22-34-30(21-23(24)11-1)27-15-7-10-20-33(27)46(34)40-42-37-29-17-4-3-16-28(29)36-35(37)38(44-40)43-39(41-36)45-31-18-8-5-13-25(31)26-14-6-9-19-32(26)45/h1-22H. The number of fused-ring (bicyclic) bond motifs is 10. The second-order valence-corrected chi connectivity index (χ2v) is 11.9. The molecule has 4 aromatic heterocycles. The average molecular weight is 587 g/mol. The highest BCUT2D eigenvalue weighted by Crippen LogP contribution is 2.46. The monoisotopic (exact) mass is 586 g/mol. The van der Waals surface area contributed by atoms with Gasteiger partial charge in [0.2, 0.25) is 11.9 Å². The largest absolute Gasteiger partial charge is 0.278 e. The van der Waals surface area contributed by atoms with Gasteiger partial charge in [0, 0.05) is 32.7 Å². The van der Waals surface area contributed by atoms with Crippen molar-refractivity contribution in [2.24, 2.45) is 0 Å². The Morgan fingerprint density at radius 1 is 0.370 bits per heavy atom. The lowest BCUT2D eigenvalue weighted by molar-refractivity contribution is 0.976. The van der Waals surface area contributed by atoms with Gasteiger partial charge in [0.1, 0.15) is 0 Å². The number of nitrogens with zero attached hydrogens (tertiary/aromatic N) is 6. The molecule has 212 valence electrons. The molecular weight excluding hydrogens is 564 g/mol. The molecule has 6 aromatic carbocycles. The van der Waals surface area contributed by atoms with Crippen molar-refractivity contribution < 1.29 is 0 Å². The number of hydrogen-bond acceptors (Lipinski definition) is 4. The Hall–Kier alpha value is -6.40. The van der Waals surface area contributed by atoms with E-state index >= 15 is 0 Å². The SMILES string of the molecule is c1ccc2c(c1)-c1nc(-n3c4ccccc4c4ccccc43)nc3nc(-n4c5ccccc5c5cc6ccccc6cc54)nc-2c13. The third-order valence-corrected chi connectivity index (χ3v) is 9.49. The molecule has 0 radical (unpaired) electrons. The number of rotatable bonds is 2. The Labute approximate surface area is 261 Å². The van der Waals surface area contributed by atoms with Crippen LogP contribution in [-0.2, 0) is 0 Å². The summed E-state index contributed by atoms with van der Waals surface area (Å²) in [5.74, 6) is 1.19. The molecule has 11 rings (SSSR count). The van der Waals surface area contributed by atoms with Gasteiger partial charge in [-0.2, -0.15) is 9.97 Å². The highest BCUT2D eigenvalue weighted by atomic mass is 15.2.